The van der Waals surface area contributed by atoms with Crippen LogP contribution in [-0.2, 0) is 19.4 Å². The van der Waals surface area contributed by atoms with Crippen LogP contribution in [0.4, 0.5) is 4.39 Å². The van der Waals surface area contributed by atoms with E-state index >= 15 is 0 Å². The molecule has 2 rings (SSSR count). The van der Waals surface area contributed by atoms with Gasteiger partial charge in [0, 0.05) is 24.5 Å². The lowest BCUT2D eigenvalue weighted by Crippen LogP contribution is -2.43. The molecular formula is C18H22FN3O4S2. The van der Waals surface area contributed by atoms with E-state index < -0.39 is 32.7 Å². The maximum Gasteiger partial charge on any atom is 0.309 e. The van der Waals surface area contributed by atoms with Gasteiger partial charge in [-0.3, -0.25) is 9.59 Å². The Morgan fingerprint density at radius 3 is 2.32 bits per heavy atom. The fourth-order valence-corrected chi connectivity index (χ4v) is 5.15. The summed E-state index contributed by atoms with van der Waals surface area (Å²) in [4.78, 5) is 26.2. The summed E-state index contributed by atoms with van der Waals surface area (Å²) in [6.07, 6.45) is 0. The zero-order chi connectivity index (χ0) is 20.7. The third-order valence-electron chi connectivity index (χ3n) is 3.88. The van der Waals surface area contributed by atoms with E-state index in [0.717, 1.165) is 12.1 Å². The number of amides is 2. The molecule has 0 saturated carbocycles. The fraction of sp³-hybridized carbons (Fsp3) is 0.333. The van der Waals surface area contributed by atoms with Crippen molar-refractivity contribution in [1.82, 2.24) is 15.5 Å². The Morgan fingerprint density at radius 2 is 1.75 bits per heavy atom. The predicted molar refractivity (Wildman–Crippen MR) is 105 cm³/mol. The molecule has 0 spiro atoms. The Kier molecular flexibility index (Phi) is 7.67. The van der Waals surface area contributed by atoms with Crippen LogP contribution in [0.2, 0.25) is 0 Å². The molecule has 1 heterocycles. The summed E-state index contributed by atoms with van der Waals surface area (Å²) < 4.78 is 39.1. The minimum atomic E-state index is -3.90. The first kappa shape index (κ1) is 22.0. The van der Waals surface area contributed by atoms with Gasteiger partial charge in [0.05, 0.1) is 4.90 Å². The number of carbonyl (C=O) groups is 2. The second-order valence-corrected chi connectivity index (χ2v) is 9.38. The molecular weight excluding hydrogens is 405 g/mol. The first-order valence-corrected chi connectivity index (χ1v) is 10.9. The standard InChI is InChI=1S/C18H22FN3O4S2/c1-22(2)10-9-20-17(23)18(24)21-12-16(15-4-3-11-27-15)28(25,26)14-7-5-13(19)6-8-14/h3-8,11,16H,9-10,12H2,1-2H3,(H,20,23)(H,21,24). The van der Waals surface area contributed by atoms with E-state index in [1.165, 1.54) is 23.5 Å². The minimum absolute atomic E-state index is 0.0583. The van der Waals surface area contributed by atoms with E-state index in [1.807, 2.05) is 19.0 Å². The molecule has 0 aliphatic rings. The first-order chi connectivity index (χ1) is 13.2. The van der Waals surface area contributed by atoms with Gasteiger partial charge >= 0.3 is 11.8 Å². The van der Waals surface area contributed by atoms with E-state index in [1.54, 1.807) is 17.5 Å². The van der Waals surface area contributed by atoms with Crippen LogP contribution in [0.3, 0.4) is 0 Å². The molecule has 0 saturated heterocycles. The van der Waals surface area contributed by atoms with Gasteiger partial charge in [0.15, 0.2) is 9.84 Å². The lowest BCUT2D eigenvalue weighted by Gasteiger charge is -2.17. The van der Waals surface area contributed by atoms with Crippen LogP contribution in [0.5, 0.6) is 0 Å². The molecule has 2 aromatic rings. The van der Waals surface area contributed by atoms with Gasteiger partial charge in [-0.25, -0.2) is 12.8 Å². The van der Waals surface area contributed by atoms with Crippen molar-refractivity contribution < 1.29 is 22.4 Å². The number of carbonyl (C=O) groups excluding carboxylic acids is 2. The van der Waals surface area contributed by atoms with Crippen molar-refractivity contribution in [2.75, 3.05) is 33.7 Å². The van der Waals surface area contributed by atoms with Crippen molar-refractivity contribution in [1.29, 1.82) is 0 Å². The molecule has 1 aromatic carbocycles. The van der Waals surface area contributed by atoms with E-state index in [4.69, 9.17) is 0 Å². The van der Waals surface area contributed by atoms with Crippen molar-refractivity contribution >= 4 is 33.0 Å². The maximum atomic E-state index is 13.1. The van der Waals surface area contributed by atoms with Crippen LogP contribution in [0.15, 0.2) is 46.7 Å². The average Bonchev–Trinajstić information content (AvgIpc) is 3.15. The summed E-state index contributed by atoms with van der Waals surface area (Å²) in [5.74, 6) is -2.28. The molecule has 2 amide bonds. The Balaban J connectivity index is 2.11. The van der Waals surface area contributed by atoms with E-state index in [9.17, 15) is 22.4 Å². The highest BCUT2D eigenvalue weighted by molar-refractivity contribution is 7.91. The van der Waals surface area contributed by atoms with Gasteiger partial charge in [-0.1, -0.05) is 6.07 Å². The largest absolute Gasteiger partial charge is 0.347 e. The molecule has 152 valence electrons. The van der Waals surface area contributed by atoms with E-state index in [-0.39, 0.29) is 11.4 Å². The Labute approximate surface area is 167 Å². The van der Waals surface area contributed by atoms with Gasteiger partial charge < -0.3 is 15.5 Å². The average molecular weight is 428 g/mol. The van der Waals surface area contributed by atoms with Crippen LogP contribution in [0.1, 0.15) is 10.1 Å². The molecule has 0 bridgehead atoms. The van der Waals surface area contributed by atoms with Crippen LogP contribution in [-0.4, -0.2) is 58.9 Å². The molecule has 10 heteroatoms. The zero-order valence-electron chi connectivity index (χ0n) is 15.5. The summed E-state index contributed by atoms with van der Waals surface area (Å²) in [6, 6.07) is 7.83. The van der Waals surface area contributed by atoms with Gasteiger partial charge in [0.2, 0.25) is 0 Å². The molecule has 0 aliphatic carbocycles. The highest BCUT2D eigenvalue weighted by Crippen LogP contribution is 2.31. The zero-order valence-corrected chi connectivity index (χ0v) is 17.1. The van der Waals surface area contributed by atoms with Crippen LogP contribution < -0.4 is 10.6 Å². The number of halogens is 1. The molecule has 2 N–H and O–H groups in total. The number of thiophene rings is 1. The van der Waals surface area contributed by atoms with Gasteiger partial charge in [-0.2, -0.15) is 0 Å². The summed E-state index contributed by atoms with van der Waals surface area (Å²) >= 11 is 1.22. The van der Waals surface area contributed by atoms with Gasteiger partial charge in [-0.15, -0.1) is 11.3 Å². The Bertz CT molecular complexity index is 897. The number of hydrogen-bond acceptors (Lipinski definition) is 6. The molecule has 1 aromatic heterocycles. The summed E-state index contributed by atoms with van der Waals surface area (Å²) in [5.41, 5.74) is 0. The van der Waals surface area contributed by atoms with Crippen LogP contribution in [0, 0.1) is 5.82 Å². The molecule has 28 heavy (non-hydrogen) atoms. The molecule has 7 nitrogen and oxygen atoms in total. The number of likely N-dealkylation sites (N-methyl/N-ethyl adjacent to an activating group) is 1. The van der Waals surface area contributed by atoms with Gasteiger partial charge in [0.1, 0.15) is 11.1 Å². The van der Waals surface area contributed by atoms with Crippen LogP contribution >= 0.6 is 11.3 Å². The van der Waals surface area contributed by atoms with Crippen LogP contribution in [0.25, 0.3) is 0 Å². The molecule has 0 fully saturated rings. The van der Waals surface area contributed by atoms with Crippen molar-refractivity contribution in [2.45, 2.75) is 10.1 Å². The van der Waals surface area contributed by atoms with Crippen molar-refractivity contribution in [3.63, 3.8) is 0 Å². The number of nitrogens with one attached hydrogen (secondary N) is 2. The van der Waals surface area contributed by atoms with Crippen molar-refractivity contribution in [3.8, 4) is 0 Å². The van der Waals surface area contributed by atoms with E-state index in [0.29, 0.717) is 18.0 Å². The second kappa shape index (κ2) is 9.76. The molecule has 0 radical (unpaired) electrons. The smallest absolute Gasteiger partial charge is 0.309 e. The highest BCUT2D eigenvalue weighted by atomic mass is 32.2. The Morgan fingerprint density at radius 1 is 1.11 bits per heavy atom. The first-order valence-electron chi connectivity index (χ1n) is 8.45. The quantitative estimate of drug-likeness (QED) is 0.488. The summed E-state index contributed by atoms with van der Waals surface area (Å²) in [6.45, 7) is 0.581. The third-order valence-corrected chi connectivity index (χ3v) is 7.11. The number of nitrogens with zero attached hydrogens (tertiary/aromatic N) is 1. The third kappa shape index (κ3) is 5.85. The molecule has 0 aliphatic heterocycles. The topological polar surface area (TPSA) is 95.6 Å². The number of benzene rings is 1. The molecule has 1 atom stereocenters. The SMILES string of the molecule is CN(C)CCNC(=O)C(=O)NCC(c1cccs1)S(=O)(=O)c1ccc(F)cc1. The van der Waals surface area contributed by atoms with Gasteiger partial charge in [0.25, 0.3) is 0 Å². The predicted octanol–water partition coefficient (Wildman–Crippen LogP) is 1.20. The maximum absolute atomic E-state index is 13.1. The van der Waals surface area contributed by atoms with Crippen molar-refractivity contribution in [2.24, 2.45) is 0 Å². The number of rotatable bonds is 8. The minimum Gasteiger partial charge on any atom is -0.347 e. The second-order valence-electron chi connectivity index (χ2n) is 6.27. The lowest BCUT2D eigenvalue weighted by atomic mass is 10.3. The number of sulfone groups is 1. The summed E-state index contributed by atoms with van der Waals surface area (Å²) in [7, 11) is -0.237. The number of hydrogen-bond donors (Lipinski definition) is 2. The van der Waals surface area contributed by atoms with Gasteiger partial charge in [-0.05, 0) is 49.8 Å². The Hall–Kier alpha value is -2.30. The fourth-order valence-electron chi connectivity index (χ4n) is 2.37. The van der Waals surface area contributed by atoms with Crippen molar-refractivity contribution in [3.05, 3.63) is 52.5 Å². The normalized spacial score (nSPS) is 12.6. The summed E-state index contributed by atoms with van der Waals surface area (Å²) in [5, 5.41) is 5.49. The molecule has 1 unspecified atom stereocenters. The lowest BCUT2D eigenvalue weighted by molar-refractivity contribution is -0.139. The monoisotopic (exact) mass is 427 g/mol. The van der Waals surface area contributed by atoms with E-state index in [2.05, 4.69) is 10.6 Å². The highest BCUT2D eigenvalue weighted by Gasteiger charge is 2.31.